The van der Waals surface area contributed by atoms with Crippen molar-refractivity contribution in [2.75, 3.05) is 6.61 Å². The van der Waals surface area contributed by atoms with E-state index in [-0.39, 0.29) is 11.0 Å². The molecule has 0 aromatic heterocycles. The van der Waals surface area contributed by atoms with Gasteiger partial charge in [0, 0.05) is 10.9 Å². The van der Waals surface area contributed by atoms with Crippen molar-refractivity contribution in [2.45, 2.75) is 52.1 Å². The number of rotatable bonds is 5. The minimum atomic E-state index is 0.0108. The van der Waals surface area contributed by atoms with E-state index in [2.05, 4.69) is 39.8 Å². The van der Waals surface area contributed by atoms with E-state index in [0.29, 0.717) is 5.92 Å². The molecule has 2 heteroatoms. The molecule has 18 heavy (non-hydrogen) atoms. The average molecular weight is 267 g/mol. The van der Waals surface area contributed by atoms with Gasteiger partial charge in [0.15, 0.2) is 0 Å². The molecule has 1 aromatic carbocycles. The monoisotopic (exact) mass is 266 g/mol. The van der Waals surface area contributed by atoms with Crippen molar-refractivity contribution in [2.24, 2.45) is 5.41 Å². The molecule has 1 aliphatic heterocycles. The van der Waals surface area contributed by atoms with E-state index in [1.54, 1.807) is 0 Å². The smallest absolute Gasteiger partial charge is 0.103 e. The predicted octanol–water partition coefficient (Wildman–Crippen LogP) is 5.04. The number of benzene rings is 1. The van der Waals surface area contributed by atoms with Crippen molar-refractivity contribution in [3.63, 3.8) is 0 Å². The summed E-state index contributed by atoms with van der Waals surface area (Å²) in [5.74, 6) is 0.413. The molecule has 1 aromatic rings. The Hall–Kier alpha value is -0.530. The third-order valence-corrected chi connectivity index (χ3v) is 4.80. The molecule has 1 nitrogen and oxygen atoms in total. The summed E-state index contributed by atoms with van der Waals surface area (Å²) in [6.07, 6.45) is 2.40. The van der Waals surface area contributed by atoms with Crippen LogP contribution in [0.2, 0.25) is 5.02 Å². The van der Waals surface area contributed by atoms with Crippen LogP contribution < -0.4 is 0 Å². The Bertz CT molecular complexity index is 404. The quantitative estimate of drug-likeness (QED) is 0.680. The predicted molar refractivity (Wildman–Crippen MR) is 77.2 cm³/mol. The molecule has 0 aliphatic carbocycles. The summed E-state index contributed by atoms with van der Waals surface area (Å²) in [6.45, 7) is 10.0. The molecule has 2 unspecified atom stereocenters. The van der Waals surface area contributed by atoms with Gasteiger partial charge in [-0.15, -0.1) is 0 Å². The van der Waals surface area contributed by atoms with Gasteiger partial charge in [0.25, 0.3) is 0 Å². The topological polar surface area (TPSA) is 12.5 Å². The first kappa shape index (κ1) is 13.9. The summed E-state index contributed by atoms with van der Waals surface area (Å²) in [5, 5.41) is 0.796. The molecule has 0 saturated carbocycles. The fraction of sp³-hybridized carbons (Fsp3) is 0.625. The minimum absolute atomic E-state index is 0.0108. The van der Waals surface area contributed by atoms with E-state index in [9.17, 15) is 0 Å². The first-order chi connectivity index (χ1) is 8.43. The maximum absolute atomic E-state index is 5.95. The van der Waals surface area contributed by atoms with Crippen LogP contribution in [0.5, 0.6) is 0 Å². The SMILES string of the molecule is CCCC(C)(C)C1(C(C)c2ccc(Cl)cc2)CO1. The van der Waals surface area contributed by atoms with Gasteiger partial charge in [-0.1, -0.05) is 57.8 Å². The van der Waals surface area contributed by atoms with Gasteiger partial charge in [-0.05, 0) is 29.5 Å². The van der Waals surface area contributed by atoms with E-state index < -0.39 is 0 Å². The van der Waals surface area contributed by atoms with Crippen LogP contribution in [0.3, 0.4) is 0 Å². The Morgan fingerprint density at radius 1 is 1.33 bits per heavy atom. The molecule has 0 radical (unpaired) electrons. The van der Waals surface area contributed by atoms with Gasteiger partial charge < -0.3 is 4.74 Å². The van der Waals surface area contributed by atoms with E-state index in [0.717, 1.165) is 11.6 Å². The number of halogens is 1. The third-order valence-electron chi connectivity index (χ3n) is 4.55. The highest BCUT2D eigenvalue weighted by Gasteiger charge is 2.59. The summed E-state index contributed by atoms with van der Waals surface area (Å²) in [4.78, 5) is 0. The number of hydrogen-bond donors (Lipinski definition) is 0. The van der Waals surface area contributed by atoms with Gasteiger partial charge in [-0.2, -0.15) is 0 Å². The first-order valence-corrected chi connectivity index (χ1v) is 7.20. The fourth-order valence-electron chi connectivity index (χ4n) is 3.16. The standard InChI is InChI=1S/C16H23ClO/c1-5-10-15(3,4)16(11-18-16)12(2)13-6-8-14(17)9-7-13/h6-9,12H,5,10-11H2,1-4H3. The van der Waals surface area contributed by atoms with Crippen LogP contribution in [0, 0.1) is 5.41 Å². The van der Waals surface area contributed by atoms with Crippen molar-refractivity contribution in [1.29, 1.82) is 0 Å². The molecule has 2 atom stereocenters. The third kappa shape index (κ3) is 2.31. The summed E-state index contributed by atoms with van der Waals surface area (Å²) >= 11 is 5.95. The van der Waals surface area contributed by atoms with Crippen LogP contribution in [-0.2, 0) is 4.74 Å². The molecule has 100 valence electrons. The van der Waals surface area contributed by atoms with Crippen LogP contribution in [0.15, 0.2) is 24.3 Å². The van der Waals surface area contributed by atoms with Crippen molar-refractivity contribution in [3.8, 4) is 0 Å². The highest BCUT2D eigenvalue weighted by atomic mass is 35.5. The van der Waals surface area contributed by atoms with Gasteiger partial charge in [0.1, 0.15) is 5.60 Å². The lowest BCUT2D eigenvalue weighted by atomic mass is 9.68. The highest BCUT2D eigenvalue weighted by Crippen LogP contribution is 2.55. The fourth-order valence-corrected chi connectivity index (χ4v) is 3.29. The molecule has 2 rings (SSSR count). The Morgan fingerprint density at radius 3 is 2.33 bits per heavy atom. The second-order valence-electron chi connectivity index (χ2n) is 6.09. The van der Waals surface area contributed by atoms with Crippen LogP contribution in [-0.4, -0.2) is 12.2 Å². The first-order valence-electron chi connectivity index (χ1n) is 6.82. The molecule has 0 spiro atoms. The van der Waals surface area contributed by atoms with Gasteiger partial charge in [-0.3, -0.25) is 0 Å². The second kappa shape index (κ2) is 4.86. The number of epoxide rings is 1. The lowest BCUT2D eigenvalue weighted by Crippen LogP contribution is -2.37. The van der Waals surface area contributed by atoms with Crippen LogP contribution in [0.4, 0.5) is 0 Å². The number of ether oxygens (including phenoxy) is 1. The summed E-state index contributed by atoms with van der Waals surface area (Å²) < 4.78 is 5.93. The van der Waals surface area contributed by atoms with E-state index >= 15 is 0 Å². The molecule has 1 heterocycles. The van der Waals surface area contributed by atoms with Crippen LogP contribution >= 0.6 is 11.6 Å². The molecule has 0 bridgehead atoms. The lowest BCUT2D eigenvalue weighted by molar-refractivity contribution is 0.104. The maximum Gasteiger partial charge on any atom is 0.103 e. The van der Waals surface area contributed by atoms with Gasteiger partial charge >= 0.3 is 0 Å². The minimum Gasteiger partial charge on any atom is -0.368 e. The average Bonchev–Trinajstić information content (AvgIpc) is 3.10. The van der Waals surface area contributed by atoms with Crippen molar-refractivity contribution in [3.05, 3.63) is 34.9 Å². The summed E-state index contributed by atoms with van der Waals surface area (Å²) in [6, 6.07) is 8.18. The lowest BCUT2D eigenvalue weighted by Gasteiger charge is -2.36. The van der Waals surface area contributed by atoms with E-state index in [4.69, 9.17) is 16.3 Å². The molecule has 0 amide bonds. The van der Waals surface area contributed by atoms with E-state index in [1.165, 1.54) is 18.4 Å². The van der Waals surface area contributed by atoms with E-state index in [1.807, 2.05) is 12.1 Å². The van der Waals surface area contributed by atoms with Gasteiger partial charge in [-0.25, -0.2) is 0 Å². The Labute approximate surface area is 115 Å². The van der Waals surface area contributed by atoms with Crippen LogP contribution in [0.25, 0.3) is 0 Å². The highest BCUT2D eigenvalue weighted by molar-refractivity contribution is 6.30. The number of hydrogen-bond acceptors (Lipinski definition) is 1. The van der Waals surface area contributed by atoms with Crippen LogP contribution in [0.1, 0.15) is 52.0 Å². The zero-order valence-corrected chi connectivity index (χ0v) is 12.6. The normalized spacial score (nSPS) is 24.9. The summed E-state index contributed by atoms with van der Waals surface area (Å²) in [7, 11) is 0. The van der Waals surface area contributed by atoms with Gasteiger partial charge in [0.05, 0.1) is 6.61 Å². The molecular formula is C16H23ClO. The van der Waals surface area contributed by atoms with Gasteiger partial charge in [0.2, 0.25) is 0 Å². The summed E-state index contributed by atoms with van der Waals surface area (Å²) in [5.41, 5.74) is 1.55. The van der Waals surface area contributed by atoms with Crippen molar-refractivity contribution < 1.29 is 4.74 Å². The van der Waals surface area contributed by atoms with Crippen molar-refractivity contribution in [1.82, 2.24) is 0 Å². The molecule has 1 aliphatic rings. The zero-order chi connectivity index (χ0) is 13.4. The molecule has 1 saturated heterocycles. The Morgan fingerprint density at radius 2 is 1.89 bits per heavy atom. The molecular weight excluding hydrogens is 244 g/mol. The Kier molecular flexibility index (Phi) is 3.75. The largest absolute Gasteiger partial charge is 0.368 e. The zero-order valence-electron chi connectivity index (χ0n) is 11.8. The Balaban J connectivity index is 2.23. The van der Waals surface area contributed by atoms with Crippen molar-refractivity contribution >= 4 is 11.6 Å². The second-order valence-corrected chi connectivity index (χ2v) is 6.52. The molecule has 0 N–H and O–H groups in total. The maximum atomic E-state index is 5.95. The molecule has 1 fully saturated rings.